The van der Waals surface area contributed by atoms with Crippen molar-refractivity contribution >= 4 is 38.3 Å². The lowest BCUT2D eigenvalue weighted by molar-refractivity contribution is -0.139. The van der Waals surface area contributed by atoms with Gasteiger partial charge in [-0.3, -0.25) is 13.9 Å². The SMILES string of the molecule is O=C(O)c1ccc2c(c1)C=CC(C(=O)O)(S(=O)(=O)O)C2S(=O)(=O)O. The molecule has 0 heterocycles. The Balaban J connectivity index is 2.92. The van der Waals surface area contributed by atoms with Gasteiger partial charge in [0.05, 0.1) is 5.56 Å². The van der Waals surface area contributed by atoms with E-state index in [1.165, 1.54) is 0 Å². The number of carbonyl (C=O) groups is 2. The lowest BCUT2D eigenvalue weighted by Crippen LogP contribution is -2.53. The largest absolute Gasteiger partial charge is 0.480 e. The number of benzene rings is 1. The van der Waals surface area contributed by atoms with Gasteiger partial charge >= 0.3 is 11.9 Å². The van der Waals surface area contributed by atoms with E-state index in [1.807, 2.05) is 0 Å². The van der Waals surface area contributed by atoms with Crippen LogP contribution >= 0.6 is 0 Å². The molecule has 12 heteroatoms. The van der Waals surface area contributed by atoms with Crippen molar-refractivity contribution in [1.82, 2.24) is 0 Å². The highest BCUT2D eigenvalue weighted by Gasteiger charge is 2.62. The van der Waals surface area contributed by atoms with Crippen molar-refractivity contribution < 1.29 is 45.7 Å². The summed E-state index contributed by atoms with van der Waals surface area (Å²) < 4.78 is 62.1. The summed E-state index contributed by atoms with van der Waals surface area (Å²) in [6.07, 6.45) is 1.24. The standard InChI is InChI=1S/C12H10O10S2/c13-10(14)7-1-2-8-6(5-7)3-4-12(11(15)16,24(20,21)22)9(8)23(17,18)19/h1-5,9H,(H,13,14)(H,15,16)(H,17,18,19)(H,20,21,22). The van der Waals surface area contributed by atoms with Crippen LogP contribution in [0.25, 0.3) is 6.08 Å². The van der Waals surface area contributed by atoms with Crippen LogP contribution in [0.5, 0.6) is 0 Å². The fourth-order valence-electron chi connectivity index (χ4n) is 2.52. The van der Waals surface area contributed by atoms with E-state index in [0.717, 1.165) is 24.3 Å². The highest BCUT2D eigenvalue weighted by molar-refractivity contribution is 7.91. The van der Waals surface area contributed by atoms with E-state index in [1.54, 1.807) is 0 Å². The molecule has 2 rings (SSSR count). The molecule has 0 spiro atoms. The second-order valence-electron chi connectivity index (χ2n) is 4.95. The van der Waals surface area contributed by atoms with Crippen LogP contribution in [0.4, 0.5) is 0 Å². The topological polar surface area (TPSA) is 183 Å². The number of hydrogen-bond acceptors (Lipinski definition) is 6. The van der Waals surface area contributed by atoms with Gasteiger partial charge < -0.3 is 10.2 Å². The molecule has 1 aromatic carbocycles. The van der Waals surface area contributed by atoms with Crippen molar-refractivity contribution in [2.45, 2.75) is 10.00 Å². The predicted molar refractivity (Wildman–Crippen MR) is 78.6 cm³/mol. The molecule has 0 aromatic heterocycles. The minimum absolute atomic E-state index is 0.127. The third kappa shape index (κ3) is 2.58. The second kappa shape index (κ2) is 5.37. The Morgan fingerprint density at radius 3 is 2.04 bits per heavy atom. The summed E-state index contributed by atoms with van der Waals surface area (Å²) in [7, 11) is -10.9. The van der Waals surface area contributed by atoms with Gasteiger partial charge in [-0.2, -0.15) is 16.8 Å². The van der Waals surface area contributed by atoms with Crippen LogP contribution in [0.2, 0.25) is 0 Å². The van der Waals surface area contributed by atoms with E-state index in [9.17, 15) is 40.6 Å². The normalized spacial score (nSPS) is 23.5. The minimum Gasteiger partial charge on any atom is -0.480 e. The van der Waals surface area contributed by atoms with Gasteiger partial charge in [0.1, 0.15) is 5.25 Å². The number of rotatable bonds is 4. The highest BCUT2D eigenvalue weighted by atomic mass is 32.2. The van der Waals surface area contributed by atoms with Crippen molar-refractivity contribution in [1.29, 1.82) is 0 Å². The van der Waals surface area contributed by atoms with Gasteiger partial charge in [-0.05, 0) is 29.3 Å². The fraction of sp³-hybridized carbons (Fsp3) is 0.167. The number of aliphatic carboxylic acids is 1. The molecule has 0 fully saturated rings. The van der Waals surface area contributed by atoms with Crippen molar-refractivity contribution in [2.75, 3.05) is 0 Å². The first-order valence-corrected chi connectivity index (χ1v) is 9.00. The molecule has 0 saturated carbocycles. The summed E-state index contributed by atoms with van der Waals surface area (Å²) in [6.45, 7) is 0. The van der Waals surface area contributed by atoms with Crippen molar-refractivity contribution in [3.8, 4) is 0 Å². The molecule has 0 saturated heterocycles. The van der Waals surface area contributed by atoms with Crippen molar-refractivity contribution in [3.63, 3.8) is 0 Å². The van der Waals surface area contributed by atoms with Crippen LogP contribution < -0.4 is 0 Å². The van der Waals surface area contributed by atoms with Gasteiger partial charge in [-0.25, -0.2) is 4.79 Å². The second-order valence-corrected chi connectivity index (χ2v) is 8.08. The number of fused-ring (bicyclic) bond motifs is 1. The van der Waals surface area contributed by atoms with Gasteiger partial charge in [0.25, 0.3) is 20.2 Å². The number of hydrogen-bond donors (Lipinski definition) is 4. The fourth-order valence-corrected chi connectivity index (χ4v) is 5.26. The van der Waals surface area contributed by atoms with Gasteiger partial charge in [0, 0.05) is 0 Å². The highest BCUT2D eigenvalue weighted by Crippen LogP contribution is 2.45. The van der Waals surface area contributed by atoms with E-state index in [0.29, 0.717) is 6.08 Å². The van der Waals surface area contributed by atoms with Crippen molar-refractivity contribution in [2.24, 2.45) is 0 Å². The minimum atomic E-state index is -5.53. The Labute approximate surface area is 135 Å². The average molecular weight is 378 g/mol. The average Bonchev–Trinajstić information content (AvgIpc) is 2.42. The monoisotopic (exact) mass is 378 g/mol. The molecule has 10 nitrogen and oxygen atoms in total. The molecule has 24 heavy (non-hydrogen) atoms. The quantitative estimate of drug-likeness (QED) is 0.522. The van der Waals surface area contributed by atoms with Crippen LogP contribution in [0.1, 0.15) is 26.7 Å². The first-order chi connectivity index (χ1) is 10.8. The summed E-state index contributed by atoms with van der Waals surface area (Å²) >= 11 is 0. The van der Waals surface area contributed by atoms with Crippen LogP contribution in [0.15, 0.2) is 24.3 Å². The molecule has 1 aromatic rings. The molecule has 0 bridgehead atoms. The Hall–Kier alpha value is -2.28. The molecule has 0 amide bonds. The van der Waals surface area contributed by atoms with E-state index in [4.69, 9.17) is 5.11 Å². The lowest BCUT2D eigenvalue weighted by atomic mass is 9.87. The van der Waals surface area contributed by atoms with Crippen LogP contribution in [-0.2, 0) is 25.0 Å². The maximum atomic E-state index is 11.7. The number of aromatic carboxylic acids is 1. The zero-order chi connectivity index (χ0) is 18.5. The first-order valence-electron chi connectivity index (χ1n) is 6.05. The zero-order valence-electron chi connectivity index (χ0n) is 11.5. The number of carboxylic acids is 2. The van der Waals surface area contributed by atoms with Crippen LogP contribution in [0, 0.1) is 0 Å². The van der Waals surface area contributed by atoms with E-state index in [2.05, 4.69) is 0 Å². The third-order valence-corrected chi connectivity index (χ3v) is 6.35. The molecule has 4 N–H and O–H groups in total. The summed E-state index contributed by atoms with van der Waals surface area (Å²) in [6, 6.07) is 2.75. The summed E-state index contributed by atoms with van der Waals surface area (Å²) in [4.78, 5) is 22.4. The van der Waals surface area contributed by atoms with Gasteiger partial charge in [0.2, 0.25) is 4.75 Å². The maximum absolute atomic E-state index is 11.7. The van der Waals surface area contributed by atoms with E-state index < -0.39 is 47.7 Å². The molecule has 130 valence electrons. The van der Waals surface area contributed by atoms with Crippen LogP contribution in [0.3, 0.4) is 0 Å². The van der Waals surface area contributed by atoms with E-state index in [-0.39, 0.29) is 11.1 Å². The van der Waals surface area contributed by atoms with Gasteiger partial charge in [0.15, 0.2) is 0 Å². The molecular formula is C12H10O10S2. The summed E-state index contributed by atoms with van der Waals surface area (Å²) in [5.74, 6) is -3.59. The molecule has 2 atom stereocenters. The third-order valence-electron chi connectivity index (χ3n) is 3.58. The van der Waals surface area contributed by atoms with Gasteiger partial charge in [-0.1, -0.05) is 12.1 Å². The number of carboxylic acid groups (broad SMARTS) is 2. The Morgan fingerprint density at radius 1 is 1.04 bits per heavy atom. The first kappa shape index (κ1) is 18.1. The maximum Gasteiger partial charge on any atom is 0.335 e. The molecule has 0 radical (unpaired) electrons. The van der Waals surface area contributed by atoms with Crippen molar-refractivity contribution in [3.05, 3.63) is 41.0 Å². The van der Waals surface area contributed by atoms with Crippen LogP contribution in [-0.4, -0.2) is 52.8 Å². The lowest BCUT2D eigenvalue weighted by Gasteiger charge is -2.33. The summed E-state index contributed by atoms with van der Waals surface area (Å²) in [5.41, 5.74) is -0.884. The van der Waals surface area contributed by atoms with E-state index >= 15 is 0 Å². The Kier molecular flexibility index (Phi) is 4.05. The Morgan fingerprint density at radius 2 is 1.62 bits per heavy atom. The zero-order valence-corrected chi connectivity index (χ0v) is 13.2. The van der Waals surface area contributed by atoms with Gasteiger partial charge in [-0.15, -0.1) is 0 Å². The molecule has 1 aliphatic carbocycles. The molecular weight excluding hydrogens is 368 g/mol. The Bertz CT molecular complexity index is 973. The molecule has 1 aliphatic rings. The predicted octanol–water partition coefficient (Wildman–Crippen LogP) is 0.0517. The summed E-state index contributed by atoms with van der Waals surface area (Å²) in [5, 5.41) is 15.6. The molecule has 0 aliphatic heterocycles. The molecule has 2 unspecified atom stereocenters. The smallest absolute Gasteiger partial charge is 0.335 e.